The second kappa shape index (κ2) is 7.95. The Labute approximate surface area is 191 Å². The van der Waals surface area contributed by atoms with E-state index in [0.29, 0.717) is 0 Å². The third kappa shape index (κ3) is 3.35. The van der Waals surface area contributed by atoms with Crippen molar-refractivity contribution >= 4 is 32.3 Å². The Kier molecular flexibility index (Phi) is 5.49. The molecule has 2 heteroatoms. The molecule has 0 aliphatic carbocycles. The van der Waals surface area contributed by atoms with Crippen LogP contribution in [0.3, 0.4) is 0 Å². The zero-order valence-corrected chi connectivity index (χ0v) is 19.9. The van der Waals surface area contributed by atoms with E-state index in [0.717, 1.165) is 17.7 Å². The van der Waals surface area contributed by atoms with Gasteiger partial charge in [0.1, 0.15) is 0 Å². The van der Waals surface area contributed by atoms with Gasteiger partial charge in [0.05, 0.1) is 0 Å². The minimum atomic E-state index is 0. The zero-order valence-electron chi connectivity index (χ0n) is 17.5. The summed E-state index contributed by atoms with van der Waals surface area (Å²) in [6.07, 6.45) is 3.02. The Bertz CT molecular complexity index is 1330. The molecule has 0 bridgehead atoms. The van der Waals surface area contributed by atoms with Crippen molar-refractivity contribution in [2.75, 3.05) is 0 Å². The van der Waals surface area contributed by atoms with Gasteiger partial charge in [0, 0.05) is 26.3 Å². The first-order valence-corrected chi connectivity index (χ1v) is 10.3. The Morgan fingerprint density at radius 1 is 0.767 bits per heavy atom. The van der Waals surface area contributed by atoms with Crippen LogP contribution in [0.25, 0.3) is 43.6 Å². The molecule has 1 radical (unpaired) electrons. The molecule has 0 saturated heterocycles. The van der Waals surface area contributed by atoms with E-state index >= 15 is 0 Å². The van der Waals surface area contributed by atoms with Gasteiger partial charge in [-0.25, -0.2) is 0 Å². The van der Waals surface area contributed by atoms with Crippen LogP contribution in [0.4, 0.5) is 0 Å². The van der Waals surface area contributed by atoms with Gasteiger partial charge in [-0.2, -0.15) is 0 Å². The Morgan fingerprint density at radius 2 is 1.33 bits per heavy atom. The van der Waals surface area contributed by atoms with Crippen LogP contribution in [0.5, 0.6) is 0 Å². The van der Waals surface area contributed by atoms with Crippen LogP contribution < -0.4 is 0 Å². The number of hydrogen-bond acceptors (Lipinski definition) is 1. The number of aromatic nitrogens is 1. The molecule has 0 unspecified atom stereocenters. The molecule has 0 N–H and O–H groups in total. The standard InChI is InChI=1S/C28H24N.Ir/c1-4-28(2,3)20-15-16-29-27(18-20)19-13-14-25-23-11-6-5-9-21(23)22-10-7-8-12-24(22)26(25)17-19;/h5-12,14-18H,4H2,1-3H3;/q-1;. The van der Waals surface area contributed by atoms with E-state index in [2.05, 4.69) is 105 Å². The van der Waals surface area contributed by atoms with E-state index in [4.69, 9.17) is 0 Å². The molecule has 1 aromatic heterocycles. The Morgan fingerprint density at radius 3 is 1.93 bits per heavy atom. The summed E-state index contributed by atoms with van der Waals surface area (Å²) in [5, 5.41) is 7.64. The average molecular weight is 567 g/mol. The van der Waals surface area contributed by atoms with Crippen molar-refractivity contribution in [1.29, 1.82) is 0 Å². The summed E-state index contributed by atoms with van der Waals surface area (Å²) in [6, 6.07) is 29.6. The molecule has 0 saturated carbocycles. The summed E-state index contributed by atoms with van der Waals surface area (Å²) < 4.78 is 0. The number of benzene rings is 4. The van der Waals surface area contributed by atoms with Gasteiger partial charge in [-0.05, 0) is 45.3 Å². The summed E-state index contributed by atoms with van der Waals surface area (Å²) >= 11 is 0. The van der Waals surface area contributed by atoms with Crippen molar-refractivity contribution < 1.29 is 20.1 Å². The van der Waals surface area contributed by atoms with Gasteiger partial charge in [0.2, 0.25) is 0 Å². The molecule has 0 amide bonds. The minimum Gasteiger partial charge on any atom is -0.305 e. The van der Waals surface area contributed by atoms with Crippen molar-refractivity contribution in [3.05, 3.63) is 90.6 Å². The third-order valence-electron chi connectivity index (χ3n) is 6.38. The van der Waals surface area contributed by atoms with Gasteiger partial charge in [0.15, 0.2) is 0 Å². The molecule has 1 nitrogen and oxygen atoms in total. The van der Waals surface area contributed by atoms with Crippen LogP contribution in [0.1, 0.15) is 32.8 Å². The van der Waals surface area contributed by atoms with E-state index in [1.54, 1.807) is 0 Å². The molecule has 151 valence electrons. The molecular weight excluding hydrogens is 543 g/mol. The maximum Gasteiger partial charge on any atom is 0.0163 e. The van der Waals surface area contributed by atoms with Crippen molar-refractivity contribution in [1.82, 2.24) is 4.98 Å². The summed E-state index contributed by atoms with van der Waals surface area (Å²) in [4.78, 5) is 4.68. The second-order valence-corrected chi connectivity index (χ2v) is 8.43. The van der Waals surface area contributed by atoms with Crippen LogP contribution >= 0.6 is 0 Å². The molecule has 0 aliphatic rings. The van der Waals surface area contributed by atoms with Crippen LogP contribution in [0, 0.1) is 6.07 Å². The number of nitrogens with zero attached hydrogens (tertiary/aromatic N) is 1. The normalized spacial score (nSPS) is 11.7. The van der Waals surface area contributed by atoms with Gasteiger partial charge in [-0.1, -0.05) is 91.5 Å². The molecule has 5 rings (SSSR count). The van der Waals surface area contributed by atoms with Gasteiger partial charge < -0.3 is 4.98 Å². The topological polar surface area (TPSA) is 12.9 Å². The fourth-order valence-electron chi connectivity index (χ4n) is 4.19. The predicted octanol–water partition coefficient (Wildman–Crippen LogP) is 7.69. The zero-order chi connectivity index (χ0) is 20.0. The first kappa shape index (κ1) is 20.7. The van der Waals surface area contributed by atoms with E-state index in [1.165, 1.54) is 37.9 Å². The molecular formula is C28H24IrN-. The molecule has 4 aromatic carbocycles. The summed E-state index contributed by atoms with van der Waals surface area (Å²) in [5.41, 5.74) is 3.49. The van der Waals surface area contributed by atoms with Gasteiger partial charge >= 0.3 is 0 Å². The molecule has 0 spiro atoms. The average Bonchev–Trinajstić information content (AvgIpc) is 2.79. The Hall–Kier alpha value is -2.54. The number of hydrogen-bond donors (Lipinski definition) is 0. The number of rotatable bonds is 3. The molecule has 0 aliphatic heterocycles. The first-order chi connectivity index (χ1) is 14.1. The van der Waals surface area contributed by atoms with Crippen molar-refractivity contribution in [3.8, 4) is 11.3 Å². The van der Waals surface area contributed by atoms with E-state index < -0.39 is 0 Å². The van der Waals surface area contributed by atoms with E-state index in [9.17, 15) is 0 Å². The number of fused-ring (bicyclic) bond motifs is 6. The third-order valence-corrected chi connectivity index (χ3v) is 6.38. The summed E-state index contributed by atoms with van der Waals surface area (Å²) in [7, 11) is 0. The van der Waals surface area contributed by atoms with Crippen LogP contribution in [-0.2, 0) is 25.5 Å². The molecule has 0 atom stereocenters. The molecule has 5 aromatic rings. The van der Waals surface area contributed by atoms with Gasteiger partial charge in [0.25, 0.3) is 0 Å². The van der Waals surface area contributed by atoms with Crippen molar-refractivity contribution in [3.63, 3.8) is 0 Å². The first-order valence-electron chi connectivity index (χ1n) is 10.3. The van der Waals surface area contributed by atoms with E-state index in [1.807, 2.05) is 6.20 Å². The summed E-state index contributed by atoms with van der Waals surface area (Å²) in [5.74, 6) is 0. The largest absolute Gasteiger partial charge is 0.305 e. The van der Waals surface area contributed by atoms with Gasteiger partial charge in [-0.15, -0.1) is 23.8 Å². The fourth-order valence-corrected chi connectivity index (χ4v) is 4.19. The maximum atomic E-state index is 4.68. The number of pyridine rings is 1. The van der Waals surface area contributed by atoms with Crippen LogP contribution in [0.15, 0.2) is 79.0 Å². The van der Waals surface area contributed by atoms with Crippen molar-refractivity contribution in [2.45, 2.75) is 32.6 Å². The van der Waals surface area contributed by atoms with Gasteiger partial charge in [-0.3, -0.25) is 0 Å². The molecule has 1 heterocycles. The van der Waals surface area contributed by atoms with E-state index in [-0.39, 0.29) is 25.5 Å². The molecule has 30 heavy (non-hydrogen) atoms. The smallest absolute Gasteiger partial charge is 0.0163 e. The molecule has 0 fully saturated rings. The Balaban J connectivity index is 0.00000218. The predicted molar refractivity (Wildman–Crippen MR) is 124 cm³/mol. The quantitative estimate of drug-likeness (QED) is 0.161. The SMILES string of the molecule is CCC(C)(C)c1ccnc(-c2[c-]cc3c4ccccc4c4ccccc4c3c2)c1.[Ir]. The minimum absolute atomic E-state index is 0. The van der Waals surface area contributed by atoms with Crippen molar-refractivity contribution in [2.24, 2.45) is 0 Å². The monoisotopic (exact) mass is 567 g/mol. The maximum absolute atomic E-state index is 4.68. The van der Waals surface area contributed by atoms with Crippen LogP contribution in [0.2, 0.25) is 0 Å². The summed E-state index contributed by atoms with van der Waals surface area (Å²) in [6.45, 7) is 6.81. The second-order valence-electron chi connectivity index (χ2n) is 8.43. The van der Waals surface area contributed by atoms with Crippen LogP contribution in [-0.4, -0.2) is 4.98 Å². The fraction of sp³-hybridized carbons (Fsp3) is 0.179.